The number of carboxylic acid groups (broad SMARTS) is 1. The third kappa shape index (κ3) is 11.2. The third-order valence-electron chi connectivity index (χ3n) is 1.83. The van der Waals surface area contributed by atoms with Crippen LogP contribution in [0.5, 0.6) is 11.5 Å². The second kappa shape index (κ2) is 10.5. The van der Waals surface area contributed by atoms with Crippen molar-refractivity contribution in [2.24, 2.45) is 0 Å². The average Bonchev–Trinajstić information content (AvgIpc) is 2.38. The second-order valence-corrected chi connectivity index (χ2v) is 3.51. The van der Waals surface area contributed by atoms with Crippen molar-refractivity contribution >= 4 is 19.3 Å². The molecule has 1 aromatic rings. The SMILES string of the molecule is COC(=O)CNCC(=O)O.OB(O)Oc1cccc(O)c1. The lowest BCUT2D eigenvalue weighted by atomic mass is 10.2. The van der Waals surface area contributed by atoms with Crippen molar-refractivity contribution in [3.8, 4) is 11.5 Å². The number of ether oxygens (including phenoxy) is 1. The Labute approximate surface area is 120 Å². The monoisotopic (exact) mass is 301 g/mol. The van der Waals surface area contributed by atoms with Gasteiger partial charge in [-0.3, -0.25) is 14.9 Å². The second-order valence-electron chi connectivity index (χ2n) is 3.51. The number of benzene rings is 1. The summed E-state index contributed by atoms with van der Waals surface area (Å²) >= 11 is 0. The fourth-order valence-electron chi connectivity index (χ4n) is 1.02. The lowest BCUT2D eigenvalue weighted by molar-refractivity contribution is -0.140. The Morgan fingerprint density at radius 1 is 1.29 bits per heavy atom. The van der Waals surface area contributed by atoms with Gasteiger partial charge in [0.05, 0.1) is 20.2 Å². The zero-order valence-electron chi connectivity index (χ0n) is 11.2. The molecule has 0 saturated heterocycles. The van der Waals surface area contributed by atoms with Crippen molar-refractivity contribution < 1.29 is 39.2 Å². The number of phenols is 1. The van der Waals surface area contributed by atoms with Gasteiger partial charge in [0, 0.05) is 6.07 Å². The van der Waals surface area contributed by atoms with Crippen LogP contribution in [0.25, 0.3) is 0 Å². The van der Waals surface area contributed by atoms with E-state index in [1.54, 1.807) is 0 Å². The van der Waals surface area contributed by atoms with Crippen LogP contribution in [0.2, 0.25) is 0 Å². The molecule has 0 amide bonds. The molecule has 0 aromatic heterocycles. The topological polar surface area (TPSA) is 146 Å². The van der Waals surface area contributed by atoms with E-state index in [0.29, 0.717) is 0 Å². The Balaban J connectivity index is 0.000000384. The number of carbonyl (C=O) groups excluding carboxylic acids is 1. The van der Waals surface area contributed by atoms with Gasteiger partial charge >= 0.3 is 19.3 Å². The maximum atomic E-state index is 10.3. The highest BCUT2D eigenvalue weighted by atomic mass is 16.6. The van der Waals surface area contributed by atoms with Gasteiger partial charge in [-0.1, -0.05) is 6.07 Å². The molecular formula is C11H16BNO8. The Morgan fingerprint density at radius 3 is 2.43 bits per heavy atom. The summed E-state index contributed by atoms with van der Waals surface area (Å²) in [7, 11) is -0.609. The maximum Gasteiger partial charge on any atom is 0.707 e. The molecule has 5 N–H and O–H groups in total. The number of hydrogen-bond donors (Lipinski definition) is 5. The molecule has 21 heavy (non-hydrogen) atoms. The van der Waals surface area contributed by atoms with Crippen molar-refractivity contribution in [2.75, 3.05) is 20.2 Å². The van der Waals surface area contributed by atoms with Gasteiger partial charge in [-0.15, -0.1) is 0 Å². The van der Waals surface area contributed by atoms with Gasteiger partial charge in [-0.05, 0) is 12.1 Å². The van der Waals surface area contributed by atoms with E-state index in [2.05, 4.69) is 14.7 Å². The van der Waals surface area contributed by atoms with Crippen LogP contribution in [-0.2, 0) is 14.3 Å². The Hall–Kier alpha value is -2.30. The van der Waals surface area contributed by atoms with E-state index in [-0.39, 0.29) is 24.6 Å². The Morgan fingerprint density at radius 2 is 1.95 bits per heavy atom. The zero-order chi connectivity index (χ0) is 16.3. The normalized spacial score (nSPS) is 9.10. The summed E-state index contributed by atoms with van der Waals surface area (Å²) in [6.45, 7) is -0.294. The van der Waals surface area contributed by atoms with Gasteiger partial charge in [-0.25, -0.2) is 0 Å². The number of aromatic hydroxyl groups is 1. The van der Waals surface area contributed by atoms with Crippen LogP contribution in [0.4, 0.5) is 0 Å². The first-order chi connectivity index (χ1) is 9.85. The van der Waals surface area contributed by atoms with Gasteiger partial charge in [0.15, 0.2) is 0 Å². The van der Waals surface area contributed by atoms with Gasteiger partial charge in [-0.2, -0.15) is 0 Å². The molecule has 1 aromatic carbocycles. The summed E-state index contributed by atoms with van der Waals surface area (Å²) in [5.74, 6) is -1.24. The van der Waals surface area contributed by atoms with Crippen LogP contribution in [0.1, 0.15) is 0 Å². The summed E-state index contributed by atoms with van der Waals surface area (Å²) in [5.41, 5.74) is 0. The van der Waals surface area contributed by atoms with Crippen LogP contribution in [0.15, 0.2) is 24.3 Å². The minimum Gasteiger partial charge on any atom is -0.512 e. The van der Waals surface area contributed by atoms with Gasteiger partial charge < -0.3 is 29.7 Å². The van der Waals surface area contributed by atoms with Gasteiger partial charge in [0.2, 0.25) is 0 Å². The highest BCUT2D eigenvalue weighted by Crippen LogP contribution is 2.17. The molecule has 116 valence electrons. The number of nitrogens with one attached hydrogen (secondary N) is 1. The number of carbonyl (C=O) groups is 2. The van der Waals surface area contributed by atoms with Crippen LogP contribution in [0, 0.1) is 0 Å². The number of aliphatic carboxylic acids is 1. The van der Waals surface area contributed by atoms with E-state index in [1.165, 1.54) is 31.4 Å². The third-order valence-corrected chi connectivity index (χ3v) is 1.83. The first-order valence-electron chi connectivity index (χ1n) is 5.66. The lowest BCUT2D eigenvalue weighted by Crippen LogP contribution is -2.28. The number of carboxylic acids is 1. The van der Waals surface area contributed by atoms with Crippen LogP contribution < -0.4 is 9.97 Å². The maximum absolute atomic E-state index is 10.3. The van der Waals surface area contributed by atoms with Crippen molar-refractivity contribution in [3.63, 3.8) is 0 Å². The molecule has 0 atom stereocenters. The first-order valence-corrected chi connectivity index (χ1v) is 5.66. The van der Waals surface area contributed by atoms with E-state index in [1.807, 2.05) is 0 Å². The molecule has 0 fully saturated rings. The fraction of sp³-hybridized carbons (Fsp3) is 0.273. The summed E-state index contributed by atoms with van der Waals surface area (Å²) < 4.78 is 8.68. The Kier molecular flexibility index (Phi) is 9.34. The first kappa shape index (κ1) is 18.7. The van der Waals surface area contributed by atoms with Crippen LogP contribution in [-0.4, -0.2) is 59.7 Å². The van der Waals surface area contributed by atoms with Crippen molar-refractivity contribution in [2.45, 2.75) is 0 Å². The highest BCUT2D eigenvalue weighted by molar-refractivity contribution is 6.33. The predicted molar refractivity (Wildman–Crippen MR) is 71.4 cm³/mol. The standard InChI is InChI=1S/C6H7BO4.C5H9NO4/c8-5-2-1-3-6(4-5)11-7(9)10;1-10-5(9)3-6-2-4(7)8/h1-4,8-10H;6H,2-3H2,1H3,(H,7,8). The van der Waals surface area contributed by atoms with E-state index >= 15 is 0 Å². The number of phenolic OH excluding ortho intramolecular Hbond substituents is 1. The highest BCUT2D eigenvalue weighted by Gasteiger charge is 2.10. The molecule has 0 aliphatic heterocycles. The lowest BCUT2D eigenvalue weighted by Gasteiger charge is -2.03. The van der Waals surface area contributed by atoms with E-state index in [4.69, 9.17) is 20.3 Å². The molecule has 0 unspecified atom stereocenters. The predicted octanol–water partition coefficient (Wildman–Crippen LogP) is -1.43. The minimum absolute atomic E-state index is 0.0168. The summed E-state index contributed by atoms with van der Waals surface area (Å²) in [4.78, 5) is 20.2. The number of hydrogen-bond acceptors (Lipinski definition) is 8. The molecule has 0 spiro atoms. The number of esters is 1. The Bertz CT molecular complexity index is 454. The number of methoxy groups -OCH3 is 1. The molecule has 0 heterocycles. The van der Waals surface area contributed by atoms with E-state index in [0.717, 1.165) is 0 Å². The van der Waals surface area contributed by atoms with Crippen molar-refractivity contribution in [3.05, 3.63) is 24.3 Å². The molecular weight excluding hydrogens is 285 g/mol. The number of rotatable bonds is 6. The van der Waals surface area contributed by atoms with E-state index < -0.39 is 19.3 Å². The quantitative estimate of drug-likeness (QED) is 0.315. The molecule has 0 saturated carbocycles. The summed E-state index contributed by atoms with van der Waals surface area (Å²) in [6, 6.07) is 5.77. The smallest absolute Gasteiger partial charge is 0.512 e. The largest absolute Gasteiger partial charge is 0.707 e. The van der Waals surface area contributed by atoms with Gasteiger partial charge in [0.25, 0.3) is 0 Å². The molecule has 1 rings (SSSR count). The van der Waals surface area contributed by atoms with Crippen LogP contribution >= 0.6 is 0 Å². The molecule has 0 aliphatic rings. The van der Waals surface area contributed by atoms with E-state index in [9.17, 15) is 9.59 Å². The van der Waals surface area contributed by atoms with Crippen molar-refractivity contribution in [1.82, 2.24) is 5.32 Å². The van der Waals surface area contributed by atoms with Crippen molar-refractivity contribution in [1.29, 1.82) is 0 Å². The average molecular weight is 301 g/mol. The molecule has 0 bridgehead atoms. The molecule has 10 heteroatoms. The molecule has 9 nitrogen and oxygen atoms in total. The molecule has 0 aliphatic carbocycles. The van der Waals surface area contributed by atoms with Crippen LogP contribution in [0.3, 0.4) is 0 Å². The van der Waals surface area contributed by atoms with Gasteiger partial charge in [0.1, 0.15) is 11.5 Å². The minimum atomic E-state index is -1.85. The summed E-state index contributed by atoms with van der Waals surface area (Å²) in [6.07, 6.45) is 0. The summed E-state index contributed by atoms with van der Waals surface area (Å²) in [5, 5.41) is 36.0. The molecule has 0 radical (unpaired) electrons. The fourth-order valence-corrected chi connectivity index (χ4v) is 1.02. The zero-order valence-corrected chi connectivity index (χ0v) is 11.2.